The molecule has 164 valence electrons. The van der Waals surface area contributed by atoms with E-state index in [-0.39, 0.29) is 25.2 Å². The van der Waals surface area contributed by atoms with Gasteiger partial charge in [-0.25, -0.2) is 0 Å². The van der Waals surface area contributed by atoms with E-state index < -0.39 is 18.0 Å². The van der Waals surface area contributed by atoms with Gasteiger partial charge in [0.1, 0.15) is 0 Å². The lowest BCUT2D eigenvalue weighted by molar-refractivity contribution is -0.144. The highest BCUT2D eigenvalue weighted by atomic mass is 16.5. The van der Waals surface area contributed by atoms with Crippen LogP contribution in [-0.4, -0.2) is 46.4 Å². The zero-order valence-electron chi connectivity index (χ0n) is 17.8. The van der Waals surface area contributed by atoms with Crippen molar-refractivity contribution in [1.29, 1.82) is 0 Å². The third kappa shape index (κ3) is 5.50. The number of benzene rings is 1. The van der Waals surface area contributed by atoms with E-state index in [4.69, 9.17) is 9.47 Å². The third-order valence-electron chi connectivity index (χ3n) is 5.09. The molecule has 0 atom stereocenters. The van der Waals surface area contributed by atoms with Gasteiger partial charge < -0.3 is 19.4 Å². The maximum absolute atomic E-state index is 12.4. The SMILES string of the molecule is COC(=O)CC(CC(=O)OC)n1cc(NC(=O)CCn2cc(C)c3ccccc32)cn1. The summed E-state index contributed by atoms with van der Waals surface area (Å²) in [6, 6.07) is 7.50. The second-order valence-electron chi connectivity index (χ2n) is 7.24. The summed E-state index contributed by atoms with van der Waals surface area (Å²) < 4.78 is 12.9. The Kier molecular flexibility index (Phi) is 7.07. The van der Waals surface area contributed by atoms with E-state index in [1.54, 1.807) is 6.20 Å². The Labute approximate surface area is 179 Å². The van der Waals surface area contributed by atoms with Crippen LogP contribution in [-0.2, 0) is 30.4 Å². The molecular weight excluding hydrogens is 400 g/mol. The van der Waals surface area contributed by atoms with Crippen LogP contribution in [0, 0.1) is 6.92 Å². The molecule has 0 aliphatic rings. The third-order valence-corrected chi connectivity index (χ3v) is 5.09. The highest BCUT2D eigenvalue weighted by Crippen LogP contribution is 2.21. The summed E-state index contributed by atoms with van der Waals surface area (Å²) in [5.41, 5.74) is 2.74. The summed E-state index contributed by atoms with van der Waals surface area (Å²) in [5, 5.41) is 8.17. The Morgan fingerprint density at radius 2 is 1.74 bits per heavy atom. The summed E-state index contributed by atoms with van der Waals surface area (Å²) >= 11 is 0. The fourth-order valence-corrected chi connectivity index (χ4v) is 3.47. The average Bonchev–Trinajstić information content (AvgIpc) is 3.36. The van der Waals surface area contributed by atoms with Crippen LogP contribution < -0.4 is 5.32 Å². The van der Waals surface area contributed by atoms with Gasteiger partial charge in [0.05, 0.1) is 45.0 Å². The van der Waals surface area contributed by atoms with E-state index in [2.05, 4.69) is 21.0 Å². The van der Waals surface area contributed by atoms with Crippen LogP contribution in [0.4, 0.5) is 5.69 Å². The maximum atomic E-state index is 12.4. The number of anilines is 1. The van der Waals surface area contributed by atoms with Gasteiger partial charge in [0.25, 0.3) is 0 Å². The number of fused-ring (bicyclic) bond motifs is 1. The molecule has 0 fully saturated rings. The second-order valence-corrected chi connectivity index (χ2v) is 7.24. The summed E-state index contributed by atoms with van der Waals surface area (Å²) in [6.07, 6.45) is 5.32. The molecule has 9 heteroatoms. The minimum Gasteiger partial charge on any atom is -0.469 e. The van der Waals surface area contributed by atoms with Crippen molar-refractivity contribution in [3.05, 3.63) is 48.4 Å². The topological polar surface area (TPSA) is 104 Å². The van der Waals surface area contributed by atoms with Gasteiger partial charge in [-0.3, -0.25) is 19.1 Å². The smallest absolute Gasteiger partial charge is 0.307 e. The molecule has 2 heterocycles. The van der Waals surface area contributed by atoms with Crippen LogP contribution in [0.2, 0.25) is 0 Å². The Balaban J connectivity index is 1.62. The van der Waals surface area contributed by atoms with Crippen molar-refractivity contribution in [3.8, 4) is 0 Å². The van der Waals surface area contributed by atoms with Crippen molar-refractivity contribution in [2.75, 3.05) is 19.5 Å². The van der Waals surface area contributed by atoms with Crippen LogP contribution in [0.25, 0.3) is 10.9 Å². The highest BCUT2D eigenvalue weighted by molar-refractivity contribution is 5.90. The largest absolute Gasteiger partial charge is 0.469 e. The van der Waals surface area contributed by atoms with Gasteiger partial charge >= 0.3 is 11.9 Å². The Morgan fingerprint density at radius 3 is 2.42 bits per heavy atom. The Bertz CT molecular complexity index is 1070. The van der Waals surface area contributed by atoms with E-state index in [1.807, 2.05) is 31.3 Å². The summed E-state index contributed by atoms with van der Waals surface area (Å²) in [6.45, 7) is 2.59. The zero-order chi connectivity index (χ0) is 22.4. The summed E-state index contributed by atoms with van der Waals surface area (Å²) in [4.78, 5) is 35.8. The summed E-state index contributed by atoms with van der Waals surface area (Å²) in [7, 11) is 2.56. The van der Waals surface area contributed by atoms with Crippen molar-refractivity contribution in [2.45, 2.75) is 38.8 Å². The van der Waals surface area contributed by atoms with Gasteiger partial charge in [-0.05, 0) is 18.6 Å². The van der Waals surface area contributed by atoms with Crippen LogP contribution in [0.1, 0.15) is 30.9 Å². The number of nitrogens with one attached hydrogen (secondary N) is 1. The molecule has 0 bridgehead atoms. The van der Waals surface area contributed by atoms with Crippen molar-refractivity contribution >= 4 is 34.4 Å². The lowest BCUT2D eigenvalue weighted by Crippen LogP contribution is -2.19. The van der Waals surface area contributed by atoms with Gasteiger partial charge in [-0.2, -0.15) is 5.10 Å². The number of esters is 2. The molecule has 0 spiro atoms. The van der Waals surface area contributed by atoms with E-state index >= 15 is 0 Å². The normalized spacial score (nSPS) is 11.0. The predicted molar refractivity (Wildman–Crippen MR) is 114 cm³/mol. The number of nitrogens with zero attached hydrogens (tertiary/aromatic N) is 3. The van der Waals surface area contributed by atoms with Crippen LogP contribution in [0.15, 0.2) is 42.9 Å². The predicted octanol–water partition coefficient (Wildman–Crippen LogP) is 2.84. The molecule has 0 aliphatic heterocycles. The minimum atomic E-state index is -0.570. The first-order valence-corrected chi connectivity index (χ1v) is 9.93. The number of methoxy groups -OCH3 is 2. The number of hydrogen-bond acceptors (Lipinski definition) is 6. The highest BCUT2D eigenvalue weighted by Gasteiger charge is 2.21. The van der Waals surface area contributed by atoms with Gasteiger partial charge in [-0.1, -0.05) is 18.2 Å². The van der Waals surface area contributed by atoms with E-state index in [0.29, 0.717) is 12.2 Å². The van der Waals surface area contributed by atoms with Crippen LogP contribution in [0.5, 0.6) is 0 Å². The lowest BCUT2D eigenvalue weighted by atomic mass is 10.1. The molecule has 9 nitrogen and oxygen atoms in total. The molecule has 1 aromatic carbocycles. The maximum Gasteiger partial charge on any atom is 0.307 e. The van der Waals surface area contributed by atoms with Crippen LogP contribution in [0.3, 0.4) is 0 Å². The number of carbonyl (C=O) groups excluding carboxylic acids is 3. The number of rotatable bonds is 9. The number of ether oxygens (including phenoxy) is 2. The monoisotopic (exact) mass is 426 g/mol. The van der Waals surface area contributed by atoms with E-state index in [0.717, 1.165) is 5.52 Å². The molecule has 3 rings (SSSR count). The molecule has 1 amide bonds. The van der Waals surface area contributed by atoms with Gasteiger partial charge in [0.2, 0.25) is 5.91 Å². The first-order chi connectivity index (χ1) is 14.9. The van der Waals surface area contributed by atoms with E-state index in [9.17, 15) is 14.4 Å². The van der Waals surface area contributed by atoms with Crippen LogP contribution >= 0.6 is 0 Å². The first kappa shape index (κ1) is 22.1. The van der Waals surface area contributed by atoms with Crippen molar-refractivity contribution in [1.82, 2.24) is 14.3 Å². The van der Waals surface area contributed by atoms with Gasteiger partial charge in [0, 0.05) is 36.3 Å². The molecule has 0 radical (unpaired) electrons. The molecular formula is C22H26N4O5. The molecule has 0 saturated heterocycles. The molecule has 1 N–H and O–H groups in total. The number of carbonyl (C=O) groups is 3. The Morgan fingerprint density at radius 1 is 1.06 bits per heavy atom. The van der Waals surface area contributed by atoms with Crippen molar-refractivity contribution < 1.29 is 23.9 Å². The quantitative estimate of drug-likeness (QED) is 0.528. The fraction of sp³-hybridized carbons (Fsp3) is 0.364. The zero-order valence-corrected chi connectivity index (χ0v) is 17.8. The molecule has 2 aromatic heterocycles. The molecule has 0 unspecified atom stereocenters. The first-order valence-electron chi connectivity index (χ1n) is 9.93. The molecule has 0 aliphatic carbocycles. The Hall–Kier alpha value is -3.62. The molecule has 31 heavy (non-hydrogen) atoms. The molecule has 0 saturated carbocycles. The van der Waals surface area contributed by atoms with Gasteiger partial charge in [0.15, 0.2) is 0 Å². The minimum absolute atomic E-state index is 0.0410. The summed E-state index contributed by atoms with van der Waals surface area (Å²) in [5.74, 6) is -1.10. The fourth-order valence-electron chi connectivity index (χ4n) is 3.47. The van der Waals surface area contributed by atoms with Gasteiger partial charge in [-0.15, -0.1) is 0 Å². The van der Waals surface area contributed by atoms with E-state index in [1.165, 1.54) is 36.0 Å². The molecule has 3 aromatic rings. The van der Waals surface area contributed by atoms with Crippen molar-refractivity contribution in [2.24, 2.45) is 0 Å². The number of hydrogen-bond donors (Lipinski definition) is 1. The number of amides is 1. The number of para-hydroxylation sites is 1. The number of aryl methyl sites for hydroxylation is 2. The average molecular weight is 426 g/mol. The lowest BCUT2D eigenvalue weighted by Gasteiger charge is -2.15. The van der Waals surface area contributed by atoms with Crippen molar-refractivity contribution in [3.63, 3.8) is 0 Å². The standard InChI is InChI=1S/C22H26N4O5/c1-15-13-25(19-7-5-4-6-18(15)19)9-8-20(27)24-16-12-23-26(14-16)17(10-21(28)30-2)11-22(29)31-3/h4-7,12-14,17H,8-11H2,1-3H3,(H,24,27). The second kappa shape index (κ2) is 9.92. The number of aromatic nitrogens is 3.